The van der Waals surface area contributed by atoms with Crippen LogP contribution in [0.3, 0.4) is 0 Å². The van der Waals surface area contributed by atoms with E-state index in [0.717, 1.165) is 5.56 Å². The van der Waals surface area contributed by atoms with Gasteiger partial charge >= 0.3 is 0 Å². The molecule has 1 aliphatic heterocycles. The van der Waals surface area contributed by atoms with Crippen LogP contribution in [0.15, 0.2) is 59.9 Å². The number of anilines is 2. The Hall–Kier alpha value is -2.97. The third-order valence-corrected chi connectivity index (χ3v) is 5.36. The van der Waals surface area contributed by atoms with Crippen molar-refractivity contribution in [1.82, 2.24) is 9.97 Å². The molecule has 0 atom stereocenters. The first-order chi connectivity index (χ1) is 14.2. The molecule has 0 spiro atoms. The van der Waals surface area contributed by atoms with Gasteiger partial charge in [-0.15, -0.1) is 0 Å². The van der Waals surface area contributed by atoms with E-state index < -0.39 is 0 Å². The first-order valence-electron chi connectivity index (χ1n) is 8.79. The van der Waals surface area contributed by atoms with Gasteiger partial charge in [0.15, 0.2) is 11.5 Å². The number of hydrogen-bond donors (Lipinski definition) is 2. The van der Waals surface area contributed by atoms with E-state index in [9.17, 15) is 4.79 Å². The monoisotopic (exact) mass is 428 g/mol. The van der Waals surface area contributed by atoms with Crippen LogP contribution in [0.5, 0.6) is 11.5 Å². The summed E-state index contributed by atoms with van der Waals surface area (Å²) >= 11 is 7.49. The summed E-state index contributed by atoms with van der Waals surface area (Å²) < 4.78 is 10.6. The summed E-state index contributed by atoms with van der Waals surface area (Å²) in [6, 6.07) is 14.7. The topological polar surface area (TPSA) is 85.4 Å². The maximum absolute atomic E-state index is 12.2. The smallest absolute Gasteiger partial charge is 0.234 e. The zero-order valence-corrected chi connectivity index (χ0v) is 16.8. The van der Waals surface area contributed by atoms with Crippen LogP contribution in [0.25, 0.3) is 0 Å². The maximum atomic E-state index is 12.2. The third kappa shape index (κ3) is 5.10. The van der Waals surface area contributed by atoms with Crippen molar-refractivity contribution in [2.24, 2.45) is 0 Å². The van der Waals surface area contributed by atoms with Crippen LogP contribution in [0, 0.1) is 0 Å². The zero-order chi connectivity index (χ0) is 20.1. The van der Waals surface area contributed by atoms with E-state index in [-0.39, 0.29) is 18.5 Å². The Morgan fingerprint density at radius 1 is 1.10 bits per heavy atom. The Morgan fingerprint density at radius 2 is 1.97 bits per heavy atom. The highest BCUT2D eigenvalue weighted by Crippen LogP contribution is 2.34. The molecule has 7 nitrogen and oxygen atoms in total. The van der Waals surface area contributed by atoms with Gasteiger partial charge in [-0.25, -0.2) is 9.97 Å². The van der Waals surface area contributed by atoms with E-state index in [4.69, 9.17) is 21.1 Å². The van der Waals surface area contributed by atoms with E-state index in [2.05, 4.69) is 20.6 Å². The van der Waals surface area contributed by atoms with Crippen molar-refractivity contribution < 1.29 is 14.3 Å². The highest BCUT2D eigenvalue weighted by molar-refractivity contribution is 7.99. The van der Waals surface area contributed by atoms with Gasteiger partial charge in [0, 0.05) is 29.4 Å². The molecule has 148 valence electrons. The zero-order valence-electron chi connectivity index (χ0n) is 15.2. The van der Waals surface area contributed by atoms with Gasteiger partial charge in [-0.3, -0.25) is 4.79 Å². The Morgan fingerprint density at radius 3 is 2.86 bits per heavy atom. The average Bonchev–Trinajstić information content (AvgIpc) is 3.20. The lowest BCUT2D eigenvalue weighted by molar-refractivity contribution is -0.113. The van der Waals surface area contributed by atoms with Crippen LogP contribution in [0.4, 0.5) is 11.5 Å². The number of benzene rings is 2. The summed E-state index contributed by atoms with van der Waals surface area (Å²) in [4.78, 5) is 20.7. The predicted molar refractivity (Wildman–Crippen MR) is 113 cm³/mol. The second-order valence-corrected chi connectivity index (χ2v) is 7.49. The van der Waals surface area contributed by atoms with Crippen molar-refractivity contribution in [2.75, 3.05) is 23.2 Å². The number of thioether (sulfide) groups is 1. The highest BCUT2D eigenvalue weighted by Gasteiger charge is 2.14. The molecule has 29 heavy (non-hydrogen) atoms. The average molecular weight is 429 g/mol. The molecule has 0 radical (unpaired) electrons. The molecule has 1 amide bonds. The van der Waals surface area contributed by atoms with E-state index >= 15 is 0 Å². The van der Waals surface area contributed by atoms with Crippen LogP contribution in [0.1, 0.15) is 5.56 Å². The number of halogens is 1. The molecular formula is C20H17ClN4O3S. The van der Waals surface area contributed by atoms with Crippen LogP contribution in [-0.4, -0.2) is 28.4 Å². The molecule has 0 unspecified atom stereocenters. The number of fused-ring (bicyclic) bond motifs is 1. The van der Waals surface area contributed by atoms with E-state index in [1.54, 1.807) is 24.3 Å². The molecule has 4 rings (SSSR count). The Kier molecular flexibility index (Phi) is 6.02. The van der Waals surface area contributed by atoms with Crippen LogP contribution >= 0.6 is 23.4 Å². The minimum atomic E-state index is -0.141. The fraction of sp³-hybridized carbons (Fsp3) is 0.150. The normalized spacial score (nSPS) is 11.9. The first-order valence-corrected chi connectivity index (χ1v) is 10.2. The van der Waals surface area contributed by atoms with Crippen molar-refractivity contribution >= 4 is 40.8 Å². The Bertz CT molecular complexity index is 1030. The number of carbonyl (C=O) groups is 1. The Balaban J connectivity index is 1.30. The van der Waals surface area contributed by atoms with Gasteiger partial charge in [-0.05, 0) is 23.8 Å². The molecule has 2 N–H and O–H groups in total. The van der Waals surface area contributed by atoms with Crippen molar-refractivity contribution in [3.8, 4) is 11.5 Å². The standard InChI is InChI=1S/C20H17ClN4O3S/c21-15-4-2-1-3-13(15)9-22-18-8-20(24-11-23-18)29-10-19(26)25-14-5-6-16-17(7-14)28-12-27-16/h1-8,11H,9-10,12H2,(H,25,26)(H,22,23,24). The van der Waals surface area contributed by atoms with Gasteiger partial charge in [0.1, 0.15) is 17.2 Å². The molecule has 2 aromatic carbocycles. The summed E-state index contributed by atoms with van der Waals surface area (Å²) in [7, 11) is 0. The fourth-order valence-electron chi connectivity index (χ4n) is 2.65. The third-order valence-electron chi connectivity index (χ3n) is 4.07. The fourth-order valence-corrected chi connectivity index (χ4v) is 3.52. The van der Waals surface area contributed by atoms with Crippen molar-refractivity contribution in [3.05, 3.63) is 65.4 Å². The van der Waals surface area contributed by atoms with Gasteiger partial charge in [-0.1, -0.05) is 41.6 Å². The molecule has 0 aliphatic carbocycles. The number of rotatable bonds is 7. The summed E-state index contributed by atoms with van der Waals surface area (Å²) in [5.41, 5.74) is 1.63. The molecule has 2 heterocycles. The number of amides is 1. The quantitative estimate of drug-likeness (QED) is 0.430. The van der Waals surface area contributed by atoms with E-state index in [0.29, 0.717) is 39.6 Å². The van der Waals surface area contributed by atoms with Gasteiger partial charge in [0.2, 0.25) is 12.7 Å². The lowest BCUT2D eigenvalue weighted by Crippen LogP contribution is -2.14. The van der Waals surface area contributed by atoms with Gasteiger partial charge in [0.05, 0.1) is 5.75 Å². The largest absolute Gasteiger partial charge is 0.454 e. The summed E-state index contributed by atoms with van der Waals surface area (Å²) in [6.07, 6.45) is 1.47. The Labute approximate surface area is 176 Å². The van der Waals surface area contributed by atoms with Crippen LogP contribution in [0.2, 0.25) is 5.02 Å². The molecule has 3 aromatic rings. The predicted octanol–water partition coefficient (Wildman–Crippen LogP) is 4.20. The van der Waals surface area contributed by atoms with Gasteiger partial charge in [0.25, 0.3) is 0 Å². The number of ether oxygens (including phenoxy) is 2. The van der Waals surface area contributed by atoms with Gasteiger partial charge < -0.3 is 20.1 Å². The molecule has 9 heteroatoms. The molecule has 1 aromatic heterocycles. The molecule has 1 aliphatic rings. The minimum absolute atomic E-state index is 0.141. The number of nitrogens with one attached hydrogen (secondary N) is 2. The van der Waals surface area contributed by atoms with Crippen molar-refractivity contribution in [1.29, 1.82) is 0 Å². The number of nitrogens with zero attached hydrogens (tertiary/aromatic N) is 2. The van der Waals surface area contributed by atoms with Crippen LogP contribution in [-0.2, 0) is 11.3 Å². The SMILES string of the molecule is O=C(CSc1cc(NCc2ccccc2Cl)ncn1)Nc1ccc2c(c1)OCO2. The maximum Gasteiger partial charge on any atom is 0.234 e. The van der Waals surface area contributed by atoms with Crippen LogP contribution < -0.4 is 20.1 Å². The van der Waals surface area contributed by atoms with Crippen molar-refractivity contribution in [2.45, 2.75) is 11.6 Å². The summed E-state index contributed by atoms with van der Waals surface area (Å²) in [5.74, 6) is 2.04. The molecule has 0 fully saturated rings. The summed E-state index contributed by atoms with van der Waals surface area (Å²) in [5, 5.41) is 7.45. The highest BCUT2D eigenvalue weighted by atomic mass is 35.5. The number of hydrogen-bond acceptors (Lipinski definition) is 7. The number of aromatic nitrogens is 2. The first kappa shape index (κ1) is 19.4. The second-order valence-electron chi connectivity index (χ2n) is 6.09. The number of carbonyl (C=O) groups excluding carboxylic acids is 1. The second kappa shape index (κ2) is 9.02. The molecule has 0 saturated carbocycles. The van der Waals surface area contributed by atoms with E-state index in [1.807, 2.05) is 24.3 Å². The minimum Gasteiger partial charge on any atom is -0.454 e. The van der Waals surface area contributed by atoms with Gasteiger partial charge in [-0.2, -0.15) is 0 Å². The molecule has 0 saturated heterocycles. The summed E-state index contributed by atoms with van der Waals surface area (Å²) in [6.45, 7) is 0.745. The lowest BCUT2D eigenvalue weighted by Gasteiger charge is -2.08. The van der Waals surface area contributed by atoms with Crippen molar-refractivity contribution in [3.63, 3.8) is 0 Å². The molecule has 0 bridgehead atoms. The molecular weight excluding hydrogens is 412 g/mol. The van der Waals surface area contributed by atoms with E-state index in [1.165, 1.54) is 18.1 Å². The lowest BCUT2D eigenvalue weighted by atomic mass is 10.2.